The lowest BCUT2D eigenvalue weighted by Crippen LogP contribution is -2.21. The van der Waals surface area contributed by atoms with Crippen molar-refractivity contribution >= 4 is 21.8 Å². The van der Waals surface area contributed by atoms with Gasteiger partial charge < -0.3 is 14.4 Å². The van der Waals surface area contributed by atoms with E-state index in [4.69, 9.17) is 14.5 Å². The van der Waals surface area contributed by atoms with Crippen LogP contribution in [-0.2, 0) is 30.3 Å². The van der Waals surface area contributed by atoms with E-state index >= 15 is 0 Å². The zero-order valence-electron chi connectivity index (χ0n) is 16.9. The monoisotopic (exact) mass is 419 g/mol. The molecule has 0 atom stereocenters. The van der Waals surface area contributed by atoms with E-state index < -0.39 is 10.9 Å². The van der Waals surface area contributed by atoms with Gasteiger partial charge in [-0.1, -0.05) is 0 Å². The molecule has 1 saturated heterocycles. The number of hydrogen-bond donors (Lipinski definition) is 2. The molecule has 158 valence electrons. The van der Waals surface area contributed by atoms with Crippen molar-refractivity contribution in [3.05, 3.63) is 29.0 Å². The number of fused-ring (bicyclic) bond motifs is 2. The summed E-state index contributed by atoms with van der Waals surface area (Å²) in [6.45, 7) is 4.36. The predicted molar refractivity (Wildman–Crippen MR) is 113 cm³/mol. The molecular weight excluding hydrogens is 390 g/mol. The van der Waals surface area contributed by atoms with Crippen molar-refractivity contribution in [1.29, 1.82) is 0 Å². The fourth-order valence-corrected chi connectivity index (χ4v) is 4.75. The fraction of sp³-hybridized carbons (Fsp3) is 0.571. The minimum absolute atomic E-state index is 0.277. The molecule has 1 aliphatic carbocycles. The van der Waals surface area contributed by atoms with Crippen molar-refractivity contribution in [1.82, 2.24) is 14.6 Å². The number of thiol groups is 1. The van der Waals surface area contributed by atoms with Gasteiger partial charge in [-0.3, -0.25) is 4.98 Å². The number of methoxy groups -OCH3 is 1. The van der Waals surface area contributed by atoms with Gasteiger partial charge in [0, 0.05) is 30.2 Å². The number of ether oxygens (including phenoxy) is 2. The Morgan fingerprint density at radius 3 is 2.72 bits per heavy atom. The molecule has 2 aliphatic rings. The van der Waals surface area contributed by atoms with Crippen LogP contribution < -0.4 is 14.2 Å². The second-order valence-electron chi connectivity index (χ2n) is 7.73. The van der Waals surface area contributed by atoms with E-state index in [-0.39, 0.29) is 6.54 Å². The van der Waals surface area contributed by atoms with Crippen LogP contribution in [0.25, 0.3) is 10.9 Å². The van der Waals surface area contributed by atoms with Crippen molar-refractivity contribution in [3.8, 4) is 11.5 Å². The van der Waals surface area contributed by atoms with Gasteiger partial charge in [0.2, 0.25) is 10.9 Å². The molecule has 1 aromatic heterocycles. The molecule has 0 bridgehead atoms. The van der Waals surface area contributed by atoms with Crippen LogP contribution in [0.15, 0.2) is 12.1 Å². The minimum atomic E-state index is -2.65. The molecule has 0 saturated carbocycles. The summed E-state index contributed by atoms with van der Waals surface area (Å²) in [5.74, 6) is 1.35. The topological polar surface area (TPSA) is 80.8 Å². The van der Waals surface area contributed by atoms with Crippen molar-refractivity contribution in [2.75, 3.05) is 33.4 Å². The summed E-state index contributed by atoms with van der Waals surface area (Å²) in [4.78, 5) is 7.33. The molecule has 0 spiro atoms. The van der Waals surface area contributed by atoms with Crippen LogP contribution in [0, 0.1) is 0 Å². The maximum Gasteiger partial charge on any atom is 0.201 e. The van der Waals surface area contributed by atoms with Gasteiger partial charge in [-0.05, 0) is 68.8 Å². The van der Waals surface area contributed by atoms with Crippen molar-refractivity contribution < 1.29 is 17.9 Å². The number of pyridine rings is 1. The number of benzene rings is 1. The van der Waals surface area contributed by atoms with E-state index in [2.05, 4.69) is 9.62 Å². The van der Waals surface area contributed by atoms with Crippen molar-refractivity contribution in [2.45, 2.75) is 45.1 Å². The summed E-state index contributed by atoms with van der Waals surface area (Å²) in [6.07, 6.45) is 6.48. The summed E-state index contributed by atoms with van der Waals surface area (Å²) >= 11 is 0. The Morgan fingerprint density at radius 2 is 1.97 bits per heavy atom. The van der Waals surface area contributed by atoms with Crippen LogP contribution in [0.3, 0.4) is 0 Å². The third kappa shape index (κ3) is 4.65. The number of nitrogens with one attached hydrogen (secondary N) is 1. The smallest absolute Gasteiger partial charge is 0.201 e. The minimum Gasteiger partial charge on any atom is -0.493 e. The highest BCUT2D eigenvalue weighted by Gasteiger charge is 2.21. The van der Waals surface area contributed by atoms with Gasteiger partial charge in [-0.2, -0.15) is 0 Å². The number of rotatable bonds is 9. The first-order valence-corrected chi connectivity index (χ1v) is 11.6. The summed E-state index contributed by atoms with van der Waals surface area (Å²) in [6, 6.07) is 3.87. The van der Waals surface area contributed by atoms with Gasteiger partial charge in [0.05, 0.1) is 19.2 Å². The maximum atomic E-state index is 11.1. The highest BCUT2D eigenvalue weighted by Crippen LogP contribution is 2.37. The third-order valence-corrected chi connectivity index (χ3v) is 6.29. The third-order valence-electron chi connectivity index (χ3n) is 5.88. The molecule has 1 aliphatic heterocycles. The normalized spacial score (nSPS) is 16.6. The van der Waals surface area contributed by atoms with Gasteiger partial charge in [-0.15, -0.1) is 0 Å². The van der Waals surface area contributed by atoms with Crippen LogP contribution in [0.1, 0.15) is 42.5 Å². The van der Waals surface area contributed by atoms with Crippen molar-refractivity contribution in [2.24, 2.45) is 0 Å². The average molecular weight is 420 g/mol. The molecule has 29 heavy (non-hydrogen) atoms. The Kier molecular flexibility index (Phi) is 6.52. The first kappa shape index (κ1) is 20.4. The zero-order valence-corrected chi connectivity index (χ0v) is 17.8. The molecule has 1 fully saturated rings. The highest BCUT2D eigenvalue weighted by atomic mass is 32.2. The molecule has 0 radical (unpaired) electrons. The molecule has 8 heteroatoms. The summed E-state index contributed by atoms with van der Waals surface area (Å²) in [7, 11) is -1.02. The van der Waals surface area contributed by atoms with Crippen LogP contribution in [0.4, 0.5) is 0 Å². The molecule has 1 aromatic carbocycles. The van der Waals surface area contributed by atoms with E-state index in [1.165, 1.54) is 31.5 Å². The van der Waals surface area contributed by atoms with Gasteiger partial charge in [0.1, 0.15) is 0 Å². The SMILES string of the molecule is COc1cc2c(CN[SH](=O)=O)c3c(nc2cc1OCCCN1CCCC1)CCC3. The zero-order chi connectivity index (χ0) is 20.2. The largest absolute Gasteiger partial charge is 0.493 e. The van der Waals surface area contributed by atoms with E-state index in [0.29, 0.717) is 18.1 Å². The number of aryl methyl sites for hydroxylation is 1. The number of aromatic nitrogens is 1. The molecular formula is C21H29N3O4S. The Morgan fingerprint density at radius 1 is 1.14 bits per heavy atom. The highest BCUT2D eigenvalue weighted by molar-refractivity contribution is 7.70. The molecule has 0 unspecified atom stereocenters. The van der Waals surface area contributed by atoms with Crippen LogP contribution >= 0.6 is 0 Å². The number of nitrogens with zero attached hydrogens (tertiary/aromatic N) is 2. The van der Waals surface area contributed by atoms with Crippen molar-refractivity contribution in [3.63, 3.8) is 0 Å². The van der Waals surface area contributed by atoms with Crippen LogP contribution in [0.5, 0.6) is 11.5 Å². The Hall–Kier alpha value is -1.90. The van der Waals surface area contributed by atoms with E-state index in [1.807, 2.05) is 12.1 Å². The van der Waals surface area contributed by atoms with E-state index in [1.54, 1.807) is 7.11 Å². The maximum absolute atomic E-state index is 11.1. The fourth-order valence-electron chi connectivity index (χ4n) is 4.46. The molecule has 7 nitrogen and oxygen atoms in total. The molecule has 2 heterocycles. The number of hydrogen-bond acceptors (Lipinski definition) is 6. The molecule has 4 rings (SSSR count). The molecule has 1 N–H and O–H groups in total. The standard InChI is InChI=1S/C21H29N3O4S/c1-27-20-12-16-17(14-22-29(25)26)15-6-4-7-18(15)23-19(16)13-21(20)28-11-5-10-24-8-2-3-9-24/h12-13,29H,2-11,14H2,1H3,(H,22,25,26). The Bertz CT molecular complexity index is 947. The second-order valence-corrected chi connectivity index (χ2v) is 8.56. The lowest BCUT2D eigenvalue weighted by Gasteiger charge is -2.17. The summed E-state index contributed by atoms with van der Waals surface area (Å²) in [5.41, 5.74) is 4.07. The summed E-state index contributed by atoms with van der Waals surface area (Å²) in [5, 5.41) is 0.927. The second kappa shape index (κ2) is 9.28. The lowest BCUT2D eigenvalue weighted by atomic mass is 10.0. The van der Waals surface area contributed by atoms with Crippen LogP contribution in [-0.4, -0.2) is 51.7 Å². The van der Waals surface area contributed by atoms with Gasteiger partial charge in [0.25, 0.3) is 0 Å². The quantitative estimate of drug-likeness (QED) is 0.479. The summed E-state index contributed by atoms with van der Waals surface area (Å²) < 4.78 is 36.4. The molecule has 2 aromatic rings. The molecule has 0 amide bonds. The Labute approximate surface area is 173 Å². The predicted octanol–water partition coefficient (Wildman–Crippen LogP) is 2.21. The van der Waals surface area contributed by atoms with E-state index in [9.17, 15) is 8.42 Å². The lowest BCUT2D eigenvalue weighted by molar-refractivity contribution is 0.254. The van der Waals surface area contributed by atoms with Gasteiger partial charge in [0.15, 0.2) is 11.5 Å². The Balaban J connectivity index is 1.58. The van der Waals surface area contributed by atoms with Crippen LogP contribution in [0.2, 0.25) is 0 Å². The first-order chi connectivity index (χ1) is 14.2. The van der Waals surface area contributed by atoms with Gasteiger partial charge in [-0.25, -0.2) is 13.1 Å². The van der Waals surface area contributed by atoms with E-state index in [0.717, 1.165) is 54.4 Å². The first-order valence-electron chi connectivity index (χ1n) is 10.4. The average Bonchev–Trinajstić information content (AvgIpc) is 3.39. The number of likely N-dealkylation sites (tertiary alicyclic amines) is 1. The van der Waals surface area contributed by atoms with Gasteiger partial charge >= 0.3 is 0 Å².